The second kappa shape index (κ2) is 3.50. The summed E-state index contributed by atoms with van der Waals surface area (Å²) in [6.07, 6.45) is 0. The lowest BCUT2D eigenvalue weighted by Gasteiger charge is -1.97. The highest BCUT2D eigenvalue weighted by Gasteiger charge is 2.23. The topological polar surface area (TPSA) is 112 Å². The van der Waals surface area contributed by atoms with Gasteiger partial charge in [0.2, 0.25) is 0 Å². The number of hydrogen-bond donors (Lipinski definition) is 0. The van der Waals surface area contributed by atoms with Gasteiger partial charge in [0.1, 0.15) is 5.39 Å². The summed E-state index contributed by atoms with van der Waals surface area (Å²) in [7, 11) is 0. The smallest absolute Gasteiger partial charge is 0.389 e. The Morgan fingerprint density at radius 3 is 2.31 bits per heavy atom. The van der Waals surface area contributed by atoms with Gasteiger partial charge in [0.05, 0.1) is 0 Å². The highest BCUT2D eigenvalue weighted by molar-refractivity contribution is 5.86. The molecular weight excluding hydrogens is 216 g/mol. The van der Waals surface area contributed by atoms with E-state index in [1.165, 1.54) is 12.1 Å². The first-order valence-electron chi connectivity index (χ1n) is 4.15. The molecule has 0 aliphatic rings. The number of benzene rings is 1. The van der Waals surface area contributed by atoms with Gasteiger partial charge in [-0.3, -0.25) is 0 Å². The maximum Gasteiger partial charge on any atom is 0.509 e. The molecule has 0 atom stereocenters. The molecule has 0 fully saturated rings. The third-order valence-electron chi connectivity index (χ3n) is 1.91. The number of fused-ring (bicyclic) bond motifs is 1. The molecule has 0 amide bonds. The number of nitro groups is 2. The van der Waals surface area contributed by atoms with Crippen LogP contribution in [0.1, 0.15) is 0 Å². The van der Waals surface area contributed by atoms with Crippen molar-refractivity contribution in [3.63, 3.8) is 0 Å². The minimum atomic E-state index is -0.862. The molecule has 0 N–H and O–H groups in total. The molecule has 0 unspecified atom stereocenters. The summed E-state index contributed by atoms with van der Waals surface area (Å²) in [6.45, 7) is 0. The lowest BCUT2D eigenvalue weighted by Crippen LogP contribution is -2.01. The second-order valence-corrected chi connectivity index (χ2v) is 2.88. The van der Waals surface area contributed by atoms with E-state index >= 15 is 0 Å². The third kappa shape index (κ3) is 1.52. The number of aromatic nitrogens is 2. The van der Waals surface area contributed by atoms with Crippen LogP contribution in [0.15, 0.2) is 24.3 Å². The first-order chi connectivity index (χ1) is 7.59. The average molecular weight is 220 g/mol. The summed E-state index contributed by atoms with van der Waals surface area (Å²) in [6, 6.07) is 6.06. The molecule has 80 valence electrons. The van der Waals surface area contributed by atoms with Crippen molar-refractivity contribution in [2.24, 2.45) is 0 Å². The predicted octanol–water partition coefficient (Wildman–Crippen LogP) is 1.45. The lowest BCUT2D eigenvalue weighted by molar-refractivity contribution is -0.404. The molecule has 2 aromatic rings. The van der Waals surface area contributed by atoms with E-state index in [-0.39, 0.29) is 10.9 Å². The van der Waals surface area contributed by atoms with Crippen LogP contribution in [0.25, 0.3) is 10.9 Å². The summed E-state index contributed by atoms with van der Waals surface area (Å²) in [5, 5.41) is 21.3. The minimum Gasteiger partial charge on any atom is -0.389 e. The van der Waals surface area contributed by atoms with Gasteiger partial charge in [0, 0.05) is 4.98 Å². The largest absolute Gasteiger partial charge is 0.509 e. The lowest BCUT2D eigenvalue weighted by atomic mass is 10.2. The Morgan fingerprint density at radius 2 is 1.69 bits per heavy atom. The molecule has 0 radical (unpaired) electrons. The van der Waals surface area contributed by atoms with Gasteiger partial charge < -0.3 is 20.2 Å². The number of hydrogen-bond acceptors (Lipinski definition) is 6. The van der Waals surface area contributed by atoms with Gasteiger partial charge in [0.25, 0.3) is 0 Å². The maximum atomic E-state index is 10.7. The van der Waals surface area contributed by atoms with Crippen molar-refractivity contribution in [3.8, 4) is 0 Å². The fraction of sp³-hybridized carbons (Fsp3) is 0. The van der Waals surface area contributed by atoms with E-state index in [0.717, 1.165) is 0 Å². The van der Waals surface area contributed by atoms with Crippen molar-refractivity contribution >= 4 is 22.7 Å². The summed E-state index contributed by atoms with van der Waals surface area (Å²) in [4.78, 5) is 26.4. The molecule has 8 nitrogen and oxygen atoms in total. The van der Waals surface area contributed by atoms with Gasteiger partial charge in [0.15, 0.2) is 5.52 Å². The first-order valence-corrected chi connectivity index (χ1v) is 4.15. The zero-order valence-electron chi connectivity index (χ0n) is 7.73. The summed E-state index contributed by atoms with van der Waals surface area (Å²) >= 11 is 0. The van der Waals surface area contributed by atoms with Crippen LogP contribution < -0.4 is 0 Å². The van der Waals surface area contributed by atoms with E-state index in [4.69, 9.17) is 0 Å². The molecule has 0 saturated carbocycles. The van der Waals surface area contributed by atoms with Crippen LogP contribution in [0.5, 0.6) is 0 Å². The Morgan fingerprint density at radius 1 is 1.00 bits per heavy atom. The Balaban J connectivity index is 2.84. The molecule has 0 spiro atoms. The van der Waals surface area contributed by atoms with Crippen LogP contribution in [-0.2, 0) is 0 Å². The van der Waals surface area contributed by atoms with Crippen LogP contribution in [0, 0.1) is 20.2 Å². The molecule has 0 bridgehead atoms. The van der Waals surface area contributed by atoms with E-state index in [0.29, 0.717) is 0 Å². The molecule has 8 heteroatoms. The number of rotatable bonds is 2. The molecule has 1 aromatic carbocycles. The Labute approximate surface area is 87.9 Å². The predicted molar refractivity (Wildman–Crippen MR) is 52.8 cm³/mol. The number of nitrogens with zero attached hydrogens (tertiary/aromatic N) is 4. The van der Waals surface area contributed by atoms with Gasteiger partial charge >= 0.3 is 11.8 Å². The Hall–Kier alpha value is -2.64. The van der Waals surface area contributed by atoms with Gasteiger partial charge in [-0.15, -0.1) is 0 Å². The average Bonchev–Trinajstić information content (AvgIpc) is 2.27. The summed E-state index contributed by atoms with van der Waals surface area (Å²) in [5.41, 5.74) is 0.177. The Bertz CT molecular complexity index is 598. The fourth-order valence-corrected chi connectivity index (χ4v) is 1.27. The highest BCUT2D eigenvalue weighted by Crippen LogP contribution is 2.23. The van der Waals surface area contributed by atoms with Crippen LogP contribution in [0.4, 0.5) is 11.8 Å². The maximum absolute atomic E-state index is 10.7. The van der Waals surface area contributed by atoms with Gasteiger partial charge in [-0.2, -0.15) is 0 Å². The van der Waals surface area contributed by atoms with Crippen LogP contribution in [-0.4, -0.2) is 19.8 Å². The van der Waals surface area contributed by atoms with Crippen molar-refractivity contribution in [3.05, 3.63) is 44.5 Å². The van der Waals surface area contributed by atoms with Crippen molar-refractivity contribution in [1.29, 1.82) is 0 Å². The molecule has 2 rings (SSSR count). The van der Waals surface area contributed by atoms with Crippen LogP contribution in [0.2, 0.25) is 0 Å². The normalized spacial score (nSPS) is 10.2. The van der Waals surface area contributed by atoms with E-state index in [9.17, 15) is 20.2 Å². The third-order valence-corrected chi connectivity index (χ3v) is 1.91. The minimum absolute atomic E-state index is 0.177. The zero-order chi connectivity index (χ0) is 11.7. The standard InChI is InChI=1S/C8H4N4O4/c13-11(14)7-5-3-1-2-4-6(5)9-8(10-7)12(15)16/h1-4H. The summed E-state index contributed by atoms with van der Waals surface area (Å²) < 4.78 is 0. The SMILES string of the molecule is O=[N+]([O-])c1nc([N+](=O)[O-])c2ccccc2n1. The van der Waals surface area contributed by atoms with Crippen LogP contribution >= 0.6 is 0 Å². The van der Waals surface area contributed by atoms with E-state index in [2.05, 4.69) is 9.97 Å². The molecule has 1 heterocycles. The highest BCUT2D eigenvalue weighted by atomic mass is 16.6. The van der Waals surface area contributed by atoms with E-state index in [1.807, 2.05) is 0 Å². The fourth-order valence-electron chi connectivity index (χ4n) is 1.27. The van der Waals surface area contributed by atoms with E-state index < -0.39 is 21.6 Å². The van der Waals surface area contributed by atoms with E-state index in [1.54, 1.807) is 12.1 Å². The van der Waals surface area contributed by atoms with Crippen molar-refractivity contribution in [2.45, 2.75) is 0 Å². The Kier molecular flexibility index (Phi) is 2.16. The molecule has 0 aliphatic heterocycles. The molecule has 0 saturated heterocycles. The molecular formula is C8H4N4O4. The zero-order valence-corrected chi connectivity index (χ0v) is 7.73. The summed E-state index contributed by atoms with van der Waals surface area (Å²) in [5.74, 6) is -1.33. The van der Waals surface area contributed by atoms with Gasteiger partial charge in [-0.25, -0.2) is 0 Å². The number of para-hydroxylation sites is 1. The van der Waals surface area contributed by atoms with Gasteiger partial charge in [-0.1, -0.05) is 17.1 Å². The van der Waals surface area contributed by atoms with Crippen molar-refractivity contribution in [2.75, 3.05) is 0 Å². The van der Waals surface area contributed by atoms with Crippen molar-refractivity contribution in [1.82, 2.24) is 9.97 Å². The van der Waals surface area contributed by atoms with Crippen molar-refractivity contribution < 1.29 is 9.85 Å². The second-order valence-electron chi connectivity index (χ2n) is 2.88. The van der Waals surface area contributed by atoms with Gasteiger partial charge in [-0.05, 0) is 22.0 Å². The molecule has 1 aromatic heterocycles. The van der Waals surface area contributed by atoms with Crippen LogP contribution in [0.3, 0.4) is 0 Å². The molecule has 16 heavy (non-hydrogen) atoms. The first kappa shape index (κ1) is 9.90. The quantitative estimate of drug-likeness (QED) is 0.559. The monoisotopic (exact) mass is 220 g/mol. The molecule has 0 aliphatic carbocycles.